The Morgan fingerprint density at radius 3 is 2.82 bits per heavy atom. The third kappa shape index (κ3) is 4.50. The molecule has 0 amide bonds. The monoisotopic (exact) mass is 231 g/mol. The molecule has 0 aliphatic heterocycles. The minimum atomic E-state index is -0.0277. The Morgan fingerprint density at radius 1 is 1.35 bits per heavy atom. The first kappa shape index (κ1) is 13.6. The van der Waals surface area contributed by atoms with E-state index in [0.717, 1.165) is 37.3 Å². The summed E-state index contributed by atoms with van der Waals surface area (Å²) in [5, 5.41) is 3.33. The normalized spacial score (nSPS) is 11.8. The van der Waals surface area contributed by atoms with Crippen LogP contribution in [0.5, 0.6) is 5.75 Å². The van der Waals surface area contributed by atoms with Gasteiger partial charge in [0.15, 0.2) is 0 Å². The van der Waals surface area contributed by atoms with E-state index in [4.69, 9.17) is 11.2 Å². The van der Waals surface area contributed by atoms with Crippen LogP contribution in [0, 0.1) is 12.3 Å². The van der Waals surface area contributed by atoms with Crippen LogP contribution in [-0.2, 0) is 0 Å². The first-order chi connectivity index (χ1) is 8.31. The highest BCUT2D eigenvalue weighted by Crippen LogP contribution is 2.19. The summed E-state index contributed by atoms with van der Waals surface area (Å²) in [5.41, 5.74) is 1.09. The molecule has 1 unspecified atom stereocenters. The van der Waals surface area contributed by atoms with Crippen molar-refractivity contribution in [1.29, 1.82) is 0 Å². The Labute approximate surface area is 104 Å². The molecule has 0 heterocycles. The molecule has 0 bridgehead atoms. The summed E-state index contributed by atoms with van der Waals surface area (Å²) in [6, 6.07) is 7.97. The number of terminal acetylenes is 1. The Bertz CT molecular complexity index is 367. The molecule has 0 spiro atoms. The van der Waals surface area contributed by atoms with E-state index >= 15 is 0 Å². The molecule has 1 atom stereocenters. The molecule has 2 nitrogen and oxygen atoms in total. The molecular formula is C15H21NO. The third-order valence-corrected chi connectivity index (χ3v) is 2.43. The quantitative estimate of drug-likeness (QED) is 0.728. The summed E-state index contributed by atoms with van der Waals surface area (Å²) in [4.78, 5) is 0. The van der Waals surface area contributed by atoms with E-state index in [9.17, 15) is 0 Å². The molecule has 0 aliphatic rings. The summed E-state index contributed by atoms with van der Waals surface area (Å²) < 4.78 is 5.60. The van der Waals surface area contributed by atoms with Gasteiger partial charge in [-0.2, -0.15) is 0 Å². The minimum absolute atomic E-state index is 0.0277. The third-order valence-electron chi connectivity index (χ3n) is 2.43. The molecule has 0 aromatic heterocycles. The molecule has 1 rings (SSSR count). The molecule has 17 heavy (non-hydrogen) atoms. The van der Waals surface area contributed by atoms with Crippen molar-refractivity contribution in [3.05, 3.63) is 29.8 Å². The Hall–Kier alpha value is -1.46. The standard InChI is InChI=1S/C15H21NO/c1-4-10-16-15(6-3)13-8-7-9-14(12-13)17-11-5-2/h3,7-9,12,15-16H,4-5,10-11H2,1-2H3. The SMILES string of the molecule is C#CC(NCCC)c1cccc(OCCC)c1. The van der Waals surface area contributed by atoms with E-state index in [2.05, 4.69) is 25.1 Å². The van der Waals surface area contributed by atoms with Crippen LogP contribution in [0.1, 0.15) is 38.3 Å². The zero-order chi connectivity index (χ0) is 12.5. The first-order valence-corrected chi connectivity index (χ1v) is 6.24. The van der Waals surface area contributed by atoms with Crippen LogP contribution >= 0.6 is 0 Å². The van der Waals surface area contributed by atoms with E-state index in [1.165, 1.54) is 0 Å². The van der Waals surface area contributed by atoms with E-state index in [1.807, 2.05) is 24.3 Å². The van der Waals surface area contributed by atoms with Crippen molar-refractivity contribution >= 4 is 0 Å². The molecule has 2 heteroatoms. The van der Waals surface area contributed by atoms with Crippen LogP contribution in [0.15, 0.2) is 24.3 Å². The van der Waals surface area contributed by atoms with Gasteiger partial charge in [0.25, 0.3) is 0 Å². The molecular weight excluding hydrogens is 210 g/mol. The molecule has 0 aliphatic carbocycles. The van der Waals surface area contributed by atoms with Gasteiger partial charge in [-0.1, -0.05) is 31.9 Å². The van der Waals surface area contributed by atoms with Crippen molar-refractivity contribution in [1.82, 2.24) is 5.32 Å². The van der Waals surface area contributed by atoms with E-state index in [1.54, 1.807) is 0 Å². The predicted octanol–water partition coefficient (Wildman–Crippen LogP) is 3.15. The lowest BCUT2D eigenvalue weighted by molar-refractivity contribution is 0.317. The lowest BCUT2D eigenvalue weighted by Crippen LogP contribution is -2.20. The van der Waals surface area contributed by atoms with E-state index in [0.29, 0.717) is 0 Å². The van der Waals surface area contributed by atoms with E-state index in [-0.39, 0.29) is 6.04 Å². The second-order valence-corrected chi connectivity index (χ2v) is 3.97. The number of nitrogens with one attached hydrogen (secondary N) is 1. The van der Waals surface area contributed by atoms with Crippen molar-refractivity contribution in [2.45, 2.75) is 32.7 Å². The largest absolute Gasteiger partial charge is 0.494 e. The fourth-order valence-corrected chi connectivity index (χ4v) is 1.57. The van der Waals surface area contributed by atoms with Crippen molar-refractivity contribution in [3.8, 4) is 18.1 Å². The van der Waals surface area contributed by atoms with Crippen LogP contribution in [0.2, 0.25) is 0 Å². The summed E-state index contributed by atoms with van der Waals surface area (Å²) in [7, 11) is 0. The van der Waals surface area contributed by atoms with Gasteiger partial charge in [-0.25, -0.2) is 0 Å². The second-order valence-electron chi connectivity index (χ2n) is 3.97. The molecule has 1 N–H and O–H groups in total. The number of rotatable bonds is 7. The number of hydrogen-bond acceptors (Lipinski definition) is 2. The van der Waals surface area contributed by atoms with Gasteiger partial charge in [0.1, 0.15) is 5.75 Å². The van der Waals surface area contributed by atoms with Gasteiger partial charge in [0, 0.05) is 0 Å². The van der Waals surface area contributed by atoms with Gasteiger partial charge < -0.3 is 10.1 Å². The average molecular weight is 231 g/mol. The van der Waals surface area contributed by atoms with Crippen LogP contribution < -0.4 is 10.1 Å². The smallest absolute Gasteiger partial charge is 0.119 e. The van der Waals surface area contributed by atoms with Crippen LogP contribution in [-0.4, -0.2) is 13.2 Å². The number of hydrogen-bond donors (Lipinski definition) is 1. The summed E-state index contributed by atoms with van der Waals surface area (Å²) in [6.45, 7) is 5.89. The average Bonchev–Trinajstić information content (AvgIpc) is 2.38. The lowest BCUT2D eigenvalue weighted by Gasteiger charge is -2.14. The van der Waals surface area contributed by atoms with Gasteiger partial charge in [-0.3, -0.25) is 0 Å². The van der Waals surface area contributed by atoms with Gasteiger partial charge >= 0.3 is 0 Å². The molecule has 1 aromatic rings. The van der Waals surface area contributed by atoms with Gasteiger partial charge in [-0.05, 0) is 37.1 Å². The van der Waals surface area contributed by atoms with E-state index < -0.39 is 0 Å². The molecule has 92 valence electrons. The number of benzene rings is 1. The first-order valence-electron chi connectivity index (χ1n) is 6.24. The fraction of sp³-hybridized carbons (Fsp3) is 0.467. The topological polar surface area (TPSA) is 21.3 Å². The van der Waals surface area contributed by atoms with Crippen molar-refractivity contribution < 1.29 is 4.74 Å². The fourth-order valence-electron chi connectivity index (χ4n) is 1.57. The second kappa shape index (κ2) is 7.76. The highest BCUT2D eigenvalue weighted by atomic mass is 16.5. The number of ether oxygens (including phenoxy) is 1. The lowest BCUT2D eigenvalue weighted by atomic mass is 10.1. The Kier molecular flexibility index (Phi) is 6.21. The van der Waals surface area contributed by atoms with Crippen LogP contribution in [0.3, 0.4) is 0 Å². The van der Waals surface area contributed by atoms with Gasteiger partial charge in [0.05, 0.1) is 12.6 Å². The highest BCUT2D eigenvalue weighted by molar-refractivity contribution is 5.33. The minimum Gasteiger partial charge on any atom is -0.494 e. The molecule has 0 radical (unpaired) electrons. The molecule has 0 saturated carbocycles. The summed E-state index contributed by atoms with van der Waals surface area (Å²) in [6.07, 6.45) is 7.63. The molecule has 0 saturated heterocycles. The maximum absolute atomic E-state index is 5.60. The molecule has 1 aromatic carbocycles. The van der Waals surface area contributed by atoms with Crippen LogP contribution in [0.4, 0.5) is 0 Å². The van der Waals surface area contributed by atoms with Crippen molar-refractivity contribution in [2.75, 3.05) is 13.2 Å². The molecule has 0 fully saturated rings. The maximum atomic E-state index is 5.60. The summed E-state index contributed by atoms with van der Waals surface area (Å²) in [5.74, 6) is 3.66. The zero-order valence-corrected chi connectivity index (χ0v) is 10.7. The Balaban J connectivity index is 2.71. The van der Waals surface area contributed by atoms with Gasteiger partial charge in [0.2, 0.25) is 0 Å². The highest BCUT2D eigenvalue weighted by Gasteiger charge is 2.07. The van der Waals surface area contributed by atoms with Gasteiger partial charge in [-0.15, -0.1) is 6.42 Å². The van der Waals surface area contributed by atoms with Crippen molar-refractivity contribution in [3.63, 3.8) is 0 Å². The zero-order valence-electron chi connectivity index (χ0n) is 10.7. The predicted molar refractivity (Wildman–Crippen MR) is 72.1 cm³/mol. The maximum Gasteiger partial charge on any atom is 0.119 e. The van der Waals surface area contributed by atoms with Crippen molar-refractivity contribution in [2.24, 2.45) is 0 Å². The summed E-state index contributed by atoms with van der Waals surface area (Å²) >= 11 is 0. The van der Waals surface area contributed by atoms with Crippen LogP contribution in [0.25, 0.3) is 0 Å². The Morgan fingerprint density at radius 2 is 2.18 bits per heavy atom.